The number of benzene rings is 1. The molecule has 1 aromatic carbocycles. The van der Waals surface area contributed by atoms with E-state index in [0.29, 0.717) is 4.88 Å². The molecule has 94 valence electrons. The normalized spacial score (nSPS) is 10.4. The van der Waals surface area contributed by atoms with Crippen LogP contribution < -0.4 is 5.32 Å². The van der Waals surface area contributed by atoms with Crippen LogP contribution in [0.3, 0.4) is 0 Å². The first-order valence-electron chi connectivity index (χ1n) is 5.33. The Labute approximate surface area is 118 Å². The van der Waals surface area contributed by atoms with E-state index in [-0.39, 0.29) is 11.7 Å². The van der Waals surface area contributed by atoms with Crippen LogP contribution in [0.1, 0.15) is 20.8 Å². The molecule has 0 saturated carbocycles. The minimum Gasteiger partial charge on any atom is -0.508 e. The van der Waals surface area contributed by atoms with Gasteiger partial charge in [0.1, 0.15) is 10.6 Å². The summed E-state index contributed by atoms with van der Waals surface area (Å²) in [5, 5.41) is 14.3. The van der Waals surface area contributed by atoms with Crippen LogP contribution in [0.4, 0.5) is 5.69 Å². The summed E-state index contributed by atoms with van der Waals surface area (Å²) in [6.07, 6.45) is 0. The highest BCUT2D eigenvalue weighted by molar-refractivity contribution is 9.10. The molecule has 0 bridgehead atoms. The zero-order valence-electron chi connectivity index (χ0n) is 9.95. The number of carbonyl (C=O) groups is 1. The number of hydrogen-bond donors (Lipinski definition) is 2. The number of carbonyl (C=O) groups excluding carboxylic acids is 1. The quantitative estimate of drug-likeness (QED) is 0.817. The third kappa shape index (κ3) is 2.57. The molecule has 0 aliphatic rings. The van der Waals surface area contributed by atoms with Crippen LogP contribution in [-0.2, 0) is 0 Å². The van der Waals surface area contributed by atoms with E-state index >= 15 is 0 Å². The van der Waals surface area contributed by atoms with E-state index in [0.717, 1.165) is 21.3 Å². The van der Waals surface area contributed by atoms with Gasteiger partial charge in [0, 0.05) is 10.2 Å². The summed E-state index contributed by atoms with van der Waals surface area (Å²) >= 11 is 4.72. The molecule has 1 amide bonds. The van der Waals surface area contributed by atoms with E-state index in [4.69, 9.17) is 0 Å². The molecule has 0 spiro atoms. The molecule has 0 radical (unpaired) electrons. The second-order valence-corrected chi connectivity index (χ2v) is 5.78. The monoisotopic (exact) mass is 325 g/mol. The van der Waals surface area contributed by atoms with Gasteiger partial charge in [-0.1, -0.05) is 0 Å². The molecule has 0 atom stereocenters. The summed E-state index contributed by atoms with van der Waals surface area (Å²) in [5.74, 6) is 0.0906. The fraction of sp³-hybridized carbons (Fsp3) is 0.154. The van der Waals surface area contributed by atoms with Crippen molar-refractivity contribution in [1.82, 2.24) is 0 Å². The molecule has 18 heavy (non-hydrogen) atoms. The number of amides is 1. The first-order valence-corrected chi connectivity index (χ1v) is 7.01. The number of rotatable bonds is 2. The van der Waals surface area contributed by atoms with Gasteiger partial charge in [0.15, 0.2) is 0 Å². The van der Waals surface area contributed by atoms with Crippen molar-refractivity contribution in [2.45, 2.75) is 13.8 Å². The van der Waals surface area contributed by atoms with E-state index < -0.39 is 0 Å². The lowest BCUT2D eigenvalue weighted by atomic mass is 10.1. The fourth-order valence-electron chi connectivity index (χ4n) is 1.57. The Morgan fingerprint density at radius 1 is 1.33 bits per heavy atom. The van der Waals surface area contributed by atoms with Crippen LogP contribution in [-0.4, -0.2) is 11.0 Å². The Morgan fingerprint density at radius 3 is 2.67 bits per heavy atom. The second kappa shape index (κ2) is 5.12. The maximum Gasteiger partial charge on any atom is 0.266 e. The van der Waals surface area contributed by atoms with Crippen molar-refractivity contribution in [3.63, 3.8) is 0 Å². The molecule has 0 fully saturated rings. The van der Waals surface area contributed by atoms with Crippen molar-refractivity contribution in [3.05, 3.63) is 44.1 Å². The minimum atomic E-state index is -0.148. The predicted octanol–water partition coefficient (Wildman–Crippen LogP) is 4.09. The van der Waals surface area contributed by atoms with Crippen molar-refractivity contribution in [2.24, 2.45) is 0 Å². The lowest BCUT2D eigenvalue weighted by molar-refractivity contribution is 0.103. The van der Waals surface area contributed by atoms with Crippen molar-refractivity contribution < 1.29 is 9.90 Å². The average Bonchev–Trinajstić information content (AvgIpc) is 2.72. The highest BCUT2D eigenvalue weighted by atomic mass is 79.9. The smallest absolute Gasteiger partial charge is 0.266 e. The molecule has 0 saturated heterocycles. The SMILES string of the molecule is Cc1cc(NC(=O)c2sccc2Br)c(C)cc1O. The van der Waals surface area contributed by atoms with Crippen LogP contribution in [0, 0.1) is 13.8 Å². The van der Waals surface area contributed by atoms with Gasteiger partial charge in [-0.25, -0.2) is 0 Å². The van der Waals surface area contributed by atoms with E-state index in [9.17, 15) is 9.90 Å². The highest BCUT2D eigenvalue weighted by Crippen LogP contribution is 2.27. The zero-order valence-corrected chi connectivity index (χ0v) is 12.4. The Kier molecular flexibility index (Phi) is 3.73. The Bertz CT molecular complexity index is 607. The average molecular weight is 326 g/mol. The Hall–Kier alpha value is -1.33. The summed E-state index contributed by atoms with van der Waals surface area (Å²) in [7, 11) is 0. The summed E-state index contributed by atoms with van der Waals surface area (Å²) in [6, 6.07) is 5.26. The summed E-state index contributed by atoms with van der Waals surface area (Å²) in [5.41, 5.74) is 2.29. The standard InChI is InChI=1S/C13H12BrNO2S/c1-7-6-11(16)8(2)5-10(7)15-13(17)12-9(14)3-4-18-12/h3-6,16H,1-2H3,(H,15,17). The lowest BCUT2D eigenvalue weighted by Crippen LogP contribution is -2.11. The molecule has 0 unspecified atom stereocenters. The van der Waals surface area contributed by atoms with Gasteiger partial charge < -0.3 is 10.4 Å². The topological polar surface area (TPSA) is 49.3 Å². The van der Waals surface area contributed by atoms with Crippen molar-refractivity contribution in [1.29, 1.82) is 0 Å². The lowest BCUT2D eigenvalue weighted by Gasteiger charge is -2.10. The molecule has 1 aromatic heterocycles. The van der Waals surface area contributed by atoms with Crippen LogP contribution in [0.2, 0.25) is 0 Å². The maximum absolute atomic E-state index is 12.1. The third-order valence-electron chi connectivity index (χ3n) is 2.61. The third-order valence-corrected chi connectivity index (χ3v) is 4.45. The van der Waals surface area contributed by atoms with E-state index in [1.165, 1.54) is 11.3 Å². The van der Waals surface area contributed by atoms with E-state index in [1.807, 2.05) is 18.4 Å². The van der Waals surface area contributed by atoms with Crippen molar-refractivity contribution in [2.75, 3.05) is 5.32 Å². The van der Waals surface area contributed by atoms with Crippen LogP contribution >= 0.6 is 27.3 Å². The van der Waals surface area contributed by atoms with Crippen molar-refractivity contribution in [3.8, 4) is 5.75 Å². The first-order chi connectivity index (χ1) is 8.49. The van der Waals surface area contributed by atoms with E-state index in [2.05, 4.69) is 21.2 Å². The van der Waals surface area contributed by atoms with E-state index in [1.54, 1.807) is 19.1 Å². The number of aryl methyl sites for hydroxylation is 2. The highest BCUT2D eigenvalue weighted by Gasteiger charge is 2.13. The Morgan fingerprint density at radius 2 is 2.06 bits per heavy atom. The van der Waals surface area contributed by atoms with Crippen molar-refractivity contribution >= 4 is 38.9 Å². The molecular formula is C13H12BrNO2S. The summed E-state index contributed by atoms with van der Waals surface area (Å²) < 4.78 is 0.790. The molecule has 5 heteroatoms. The molecular weight excluding hydrogens is 314 g/mol. The first kappa shape index (κ1) is 13.1. The zero-order chi connectivity index (χ0) is 13.3. The Balaban J connectivity index is 2.28. The summed E-state index contributed by atoms with van der Waals surface area (Å²) in [4.78, 5) is 12.7. The number of aromatic hydroxyl groups is 1. The van der Waals surface area contributed by atoms with Gasteiger partial charge >= 0.3 is 0 Å². The largest absolute Gasteiger partial charge is 0.508 e. The number of anilines is 1. The maximum atomic E-state index is 12.1. The minimum absolute atomic E-state index is 0.148. The van der Waals surface area contributed by atoms with Gasteiger partial charge in [0.05, 0.1) is 0 Å². The fourth-order valence-corrected chi connectivity index (χ4v) is 3.02. The molecule has 1 heterocycles. The van der Waals surface area contributed by atoms with Gasteiger partial charge in [0.25, 0.3) is 5.91 Å². The van der Waals surface area contributed by atoms with Gasteiger partial charge in [-0.2, -0.15) is 0 Å². The number of phenols is 1. The molecule has 0 aliphatic carbocycles. The number of phenolic OH excluding ortho intramolecular Hbond substituents is 1. The predicted molar refractivity (Wildman–Crippen MR) is 77.6 cm³/mol. The van der Waals surface area contributed by atoms with Gasteiger partial charge in [-0.15, -0.1) is 11.3 Å². The van der Waals surface area contributed by atoms with Crippen LogP contribution in [0.5, 0.6) is 5.75 Å². The molecule has 0 aliphatic heterocycles. The molecule has 2 N–H and O–H groups in total. The molecule has 2 aromatic rings. The number of hydrogen-bond acceptors (Lipinski definition) is 3. The van der Waals surface area contributed by atoms with Crippen LogP contribution in [0.15, 0.2) is 28.1 Å². The van der Waals surface area contributed by atoms with Crippen LogP contribution in [0.25, 0.3) is 0 Å². The van der Waals surface area contributed by atoms with Gasteiger partial charge in [-0.3, -0.25) is 4.79 Å². The molecule has 3 nitrogen and oxygen atoms in total. The number of halogens is 1. The summed E-state index contributed by atoms with van der Waals surface area (Å²) in [6.45, 7) is 3.64. The number of nitrogens with one attached hydrogen (secondary N) is 1. The number of thiophene rings is 1. The van der Waals surface area contributed by atoms with Gasteiger partial charge in [0.2, 0.25) is 0 Å². The van der Waals surface area contributed by atoms with Gasteiger partial charge in [-0.05, 0) is 64.5 Å². The second-order valence-electron chi connectivity index (χ2n) is 4.01. The molecule has 2 rings (SSSR count).